The fourth-order valence-electron chi connectivity index (χ4n) is 3.09. The van der Waals surface area contributed by atoms with Gasteiger partial charge >= 0.3 is 0 Å². The first-order chi connectivity index (χ1) is 11.1. The van der Waals surface area contributed by atoms with Crippen LogP contribution in [0.5, 0.6) is 5.75 Å². The Labute approximate surface area is 138 Å². The molecule has 126 valence electrons. The van der Waals surface area contributed by atoms with E-state index in [2.05, 4.69) is 5.32 Å². The molecule has 0 bridgehead atoms. The van der Waals surface area contributed by atoms with Gasteiger partial charge in [0.15, 0.2) is 0 Å². The highest BCUT2D eigenvalue weighted by Crippen LogP contribution is 2.25. The molecule has 23 heavy (non-hydrogen) atoms. The standard InChI is InChI=1S/C18H26N2O3/c1-3-23-17-12-8-7-11-16(17)19-18(22)13-20(14(2)21)15-9-5-4-6-10-15/h7-8,11-12,15H,3-6,9-10,13H2,1-2H3,(H,19,22). The van der Waals surface area contributed by atoms with E-state index in [4.69, 9.17) is 4.74 Å². The molecule has 0 atom stereocenters. The lowest BCUT2D eigenvalue weighted by Crippen LogP contribution is -2.44. The predicted octanol–water partition coefficient (Wildman–Crippen LogP) is 3.21. The lowest BCUT2D eigenvalue weighted by atomic mass is 9.94. The van der Waals surface area contributed by atoms with E-state index < -0.39 is 0 Å². The number of para-hydroxylation sites is 2. The van der Waals surface area contributed by atoms with Crippen LogP contribution in [-0.2, 0) is 9.59 Å². The highest BCUT2D eigenvalue weighted by molar-refractivity contribution is 5.95. The van der Waals surface area contributed by atoms with Crippen molar-refractivity contribution in [3.63, 3.8) is 0 Å². The van der Waals surface area contributed by atoms with Crippen LogP contribution in [0.4, 0.5) is 5.69 Å². The van der Waals surface area contributed by atoms with Crippen LogP contribution in [-0.4, -0.2) is 35.9 Å². The second kappa shape index (κ2) is 8.56. The van der Waals surface area contributed by atoms with Crippen LogP contribution in [0, 0.1) is 0 Å². The molecule has 0 radical (unpaired) electrons. The van der Waals surface area contributed by atoms with Crippen molar-refractivity contribution >= 4 is 17.5 Å². The van der Waals surface area contributed by atoms with Crippen LogP contribution in [0.15, 0.2) is 24.3 Å². The molecule has 5 heteroatoms. The Morgan fingerprint density at radius 2 is 1.91 bits per heavy atom. The molecule has 0 saturated heterocycles. The molecule has 0 spiro atoms. The minimum Gasteiger partial charge on any atom is -0.492 e. The van der Waals surface area contributed by atoms with Crippen LogP contribution < -0.4 is 10.1 Å². The van der Waals surface area contributed by atoms with Gasteiger partial charge in [0.05, 0.1) is 12.3 Å². The molecule has 1 aromatic carbocycles. The molecular weight excluding hydrogens is 292 g/mol. The summed E-state index contributed by atoms with van der Waals surface area (Å²) in [4.78, 5) is 26.0. The molecule has 1 N–H and O–H groups in total. The number of amides is 2. The predicted molar refractivity (Wildman–Crippen MR) is 90.5 cm³/mol. The molecule has 2 rings (SSSR count). The van der Waals surface area contributed by atoms with Crippen LogP contribution in [0.1, 0.15) is 46.0 Å². The summed E-state index contributed by atoms with van der Waals surface area (Å²) in [5, 5.41) is 2.86. The summed E-state index contributed by atoms with van der Waals surface area (Å²) in [5.41, 5.74) is 0.645. The number of carbonyl (C=O) groups excluding carboxylic acids is 2. The number of nitrogens with one attached hydrogen (secondary N) is 1. The Hall–Kier alpha value is -2.04. The highest BCUT2D eigenvalue weighted by atomic mass is 16.5. The molecule has 0 heterocycles. The summed E-state index contributed by atoms with van der Waals surface area (Å²) >= 11 is 0. The summed E-state index contributed by atoms with van der Waals surface area (Å²) in [6.45, 7) is 4.07. The average molecular weight is 318 g/mol. The maximum atomic E-state index is 12.4. The average Bonchev–Trinajstić information content (AvgIpc) is 2.55. The van der Waals surface area contributed by atoms with E-state index in [0.29, 0.717) is 18.0 Å². The zero-order valence-corrected chi connectivity index (χ0v) is 14.0. The molecular formula is C18H26N2O3. The van der Waals surface area contributed by atoms with Crippen molar-refractivity contribution in [2.75, 3.05) is 18.5 Å². The normalized spacial score (nSPS) is 15.0. The minimum absolute atomic E-state index is 0.0369. The van der Waals surface area contributed by atoms with Crippen LogP contribution >= 0.6 is 0 Å². The van der Waals surface area contributed by atoms with Crippen molar-refractivity contribution in [3.8, 4) is 5.75 Å². The molecule has 0 aliphatic heterocycles. The van der Waals surface area contributed by atoms with Gasteiger partial charge in [-0.3, -0.25) is 9.59 Å². The maximum Gasteiger partial charge on any atom is 0.244 e. The summed E-state index contributed by atoms with van der Waals surface area (Å²) in [5.74, 6) is 0.429. The van der Waals surface area contributed by atoms with Crippen molar-refractivity contribution in [1.82, 2.24) is 4.90 Å². The van der Waals surface area contributed by atoms with Gasteiger partial charge in [0.2, 0.25) is 11.8 Å². The molecule has 1 aliphatic carbocycles. The topological polar surface area (TPSA) is 58.6 Å². The van der Waals surface area contributed by atoms with Gasteiger partial charge in [0, 0.05) is 13.0 Å². The van der Waals surface area contributed by atoms with Crippen LogP contribution in [0.3, 0.4) is 0 Å². The molecule has 1 aromatic rings. The third kappa shape index (κ3) is 4.98. The monoisotopic (exact) mass is 318 g/mol. The molecule has 1 saturated carbocycles. The summed E-state index contributed by atoms with van der Waals surface area (Å²) in [7, 11) is 0. The molecule has 5 nitrogen and oxygen atoms in total. The number of carbonyl (C=O) groups is 2. The number of hydrogen-bond acceptors (Lipinski definition) is 3. The third-order valence-electron chi connectivity index (χ3n) is 4.19. The molecule has 1 fully saturated rings. The third-order valence-corrected chi connectivity index (χ3v) is 4.19. The number of anilines is 1. The lowest BCUT2D eigenvalue weighted by molar-refractivity contribution is -0.135. The van der Waals surface area contributed by atoms with Gasteiger partial charge < -0.3 is 15.0 Å². The number of rotatable bonds is 6. The first-order valence-corrected chi connectivity index (χ1v) is 8.40. The second-order valence-electron chi connectivity index (χ2n) is 5.92. The van der Waals surface area contributed by atoms with E-state index in [1.54, 1.807) is 4.90 Å². The van der Waals surface area contributed by atoms with Crippen molar-refractivity contribution in [3.05, 3.63) is 24.3 Å². The van der Waals surface area contributed by atoms with E-state index in [-0.39, 0.29) is 24.4 Å². The van der Waals surface area contributed by atoms with Gasteiger partial charge in [-0.15, -0.1) is 0 Å². The van der Waals surface area contributed by atoms with E-state index in [1.165, 1.54) is 13.3 Å². The zero-order valence-electron chi connectivity index (χ0n) is 14.0. The van der Waals surface area contributed by atoms with Crippen molar-refractivity contribution in [2.45, 2.75) is 52.0 Å². The largest absolute Gasteiger partial charge is 0.492 e. The SMILES string of the molecule is CCOc1ccccc1NC(=O)CN(C(C)=O)C1CCCCC1. The molecule has 2 amide bonds. The Balaban J connectivity index is 2.00. The fraction of sp³-hybridized carbons (Fsp3) is 0.556. The van der Waals surface area contributed by atoms with Gasteiger partial charge in [-0.1, -0.05) is 31.4 Å². The van der Waals surface area contributed by atoms with Gasteiger partial charge in [-0.05, 0) is 31.9 Å². The Morgan fingerprint density at radius 1 is 1.22 bits per heavy atom. The van der Waals surface area contributed by atoms with Gasteiger partial charge in [0.1, 0.15) is 12.3 Å². The van der Waals surface area contributed by atoms with Gasteiger partial charge in [-0.25, -0.2) is 0 Å². The Morgan fingerprint density at radius 3 is 2.57 bits per heavy atom. The fourth-order valence-corrected chi connectivity index (χ4v) is 3.09. The van der Waals surface area contributed by atoms with Gasteiger partial charge in [-0.2, -0.15) is 0 Å². The number of nitrogens with zero attached hydrogens (tertiary/aromatic N) is 1. The first kappa shape index (κ1) is 17.3. The summed E-state index contributed by atoms with van der Waals surface area (Å²) < 4.78 is 5.51. The Bertz CT molecular complexity index is 539. The number of benzene rings is 1. The van der Waals surface area contributed by atoms with Crippen molar-refractivity contribution in [1.29, 1.82) is 0 Å². The van der Waals surface area contributed by atoms with E-state index >= 15 is 0 Å². The summed E-state index contributed by atoms with van der Waals surface area (Å²) in [6, 6.07) is 7.53. The maximum absolute atomic E-state index is 12.4. The quantitative estimate of drug-likeness (QED) is 0.876. The van der Waals surface area contributed by atoms with Crippen LogP contribution in [0.2, 0.25) is 0 Å². The number of ether oxygens (including phenoxy) is 1. The molecule has 0 unspecified atom stereocenters. The van der Waals surface area contributed by atoms with E-state index in [0.717, 1.165) is 25.7 Å². The lowest BCUT2D eigenvalue weighted by Gasteiger charge is -2.33. The van der Waals surface area contributed by atoms with Crippen molar-refractivity contribution in [2.24, 2.45) is 0 Å². The second-order valence-corrected chi connectivity index (χ2v) is 5.92. The number of hydrogen-bond donors (Lipinski definition) is 1. The molecule has 0 aromatic heterocycles. The highest BCUT2D eigenvalue weighted by Gasteiger charge is 2.25. The van der Waals surface area contributed by atoms with Gasteiger partial charge in [0.25, 0.3) is 0 Å². The zero-order chi connectivity index (χ0) is 16.7. The summed E-state index contributed by atoms with van der Waals surface area (Å²) in [6.07, 6.45) is 5.45. The minimum atomic E-state index is -0.182. The molecule has 1 aliphatic rings. The van der Waals surface area contributed by atoms with E-state index in [1.807, 2.05) is 31.2 Å². The van der Waals surface area contributed by atoms with Crippen LogP contribution in [0.25, 0.3) is 0 Å². The van der Waals surface area contributed by atoms with Crippen molar-refractivity contribution < 1.29 is 14.3 Å². The smallest absolute Gasteiger partial charge is 0.244 e. The Kier molecular flexibility index (Phi) is 6.44. The van der Waals surface area contributed by atoms with E-state index in [9.17, 15) is 9.59 Å². The first-order valence-electron chi connectivity index (χ1n) is 8.40.